The second kappa shape index (κ2) is 6.36. The van der Waals surface area contributed by atoms with Gasteiger partial charge in [0.05, 0.1) is 11.9 Å². The van der Waals surface area contributed by atoms with Crippen molar-refractivity contribution in [1.82, 2.24) is 19.9 Å². The van der Waals surface area contributed by atoms with Crippen LogP contribution in [0.2, 0.25) is 0 Å². The molecule has 0 aliphatic carbocycles. The van der Waals surface area contributed by atoms with E-state index in [1.54, 1.807) is 6.20 Å². The van der Waals surface area contributed by atoms with Gasteiger partial charge in [-0.1, -0.05) is 0 Å². The fraction of sp³-hybridized carbons (Fsp3) is 0.500. The molecule has 0 N–H and O–H groups in total. The van der Waals surface area contributed by atoms with Gasteiger partial charge in [0.1, 0.15) is 11.6 Å². The van der Waals surface area contributed by atoms with Crippen LogP contribution in [0, 0.1) is 13.8 Å². The van der Waals surface area contributed by atoms with Crippen LogP contribution in [0.4, 0.5) is 17.6 Å². The van der Waals surface area contributed by atoms with Crippen LogP contribution in [0.5, 0.6) is 0 Å². The number of aryl methyl sites for hydroxylation is 2. The standard InChI is InChI=1S/C16H23N7/c1-12-9-14(20-16(19-12)21(3)4)22-5-7-23(8-6-22)15-11-17-10-13(2)18-15/h9-11H,5-8H2,1-4H3. The third kappa shape index (κ3) is 3.49. The maximum absolute atomic E-state index is 4.66. The van der Waals surface area contributed by atoms with E-state index in [0.29, 0.717) is 0 Å². The van der Waals surface area contributed by atoms with Crippen LogP contribution in [0.1, 0.15) is 11.4 Å². The number of hydrogen-bond donors (Lipinski definition) is 0. The lowest BCUT2D eigenvalue weighted by Gasteiger charge is -2.36. The maximum atomic E-state index is 4.66. The lowest BCUT2D eigenvalue weighted by atomic mass is 10.3. The molecule has 1 fully saturated rings. The summed E-state index contributed by atoms with van der Waals surface area (Å²) in [7, 11) is 3.93. The van der Waals surface area contributed by atoms with Crippen LogP contribution in [0.3, 0.4) is 0 Å². The molecule has 7 heteroatoms. The summed E-state index contributed by atoms with van der Waals surface area (Å²) in [5.74, 6) is 2.71. The van der Waals surface area contributed by atoms with E-state index in [-0.39, 0.29) is 0 Å². The third-order valence-corrected chi connectivity index (χ3v) is 3.90. The van der Waals surface area contributed by atoms with Crippen molar-refractivity contribution in [1.29, 1.82) is 0 Å². The van der Waals surface area contributed by atoms with E-state index in [1.165, 1.54) is 0 Å². The van der Waals surface area contributed by atoms with Gasteiger partial charge in [0.25, 0.3) is 0 Å². The van der Waals surface area contributed by atoms with Crippen molar-refractivity contribution < 1.29 is 0 Å². The first-order valence-electron chi connectivity index (χ1n) is 7.84. The van der Waals surface area contributed by atoms with Crippen LogP contribution in [-0.2, 0) is 0 Å². The number of rotatable bonds is 3. The first-order valence-corrected chi connectivity index (χ1v) is 7.84. The molecule has 0 aromatic carbocycles. The lowest BCUT2D eigenvalue weighted by molar-refractivity contribution is 0.638. The Balaban J connectivity index is 1.72. The van der Waals surface area contributed by atoms with Gasteiger partial charge in [-0.15, -0.1) is 0 Å². The van der Waals surface area contributed by atoms with Gasteiger partial charge in [-0.2, -0.15) is 4.98 Å². The minimum Gasteiger partial charge on any atom is -0.353 e. The maximum Gasteiger partial charge on any atom is 0.226 e. The summed E-state index contributed by atoms with van der Waals surface area (Å²) in [5.41, 5.74) is 1.94. The van der Waals surface area contributed by atoms with Crippen molar-refractivity contribution in [2.24, 2.45) is 0 Å². The molecular formula is C16H23N7. The molecule has 7 nitrogen and oxygen atoms in total. The van der Waals surface area contributed by atoms with Gasteiger partial charge < -0.3 is 14.7 Å². The molecule has 1 aliphatic rings. The zero-order valence-corrected chi connectivity index (χ0v) is 14.2. The molecular weight excluding hydrogens is 290 g/mol. The second-order valence-electron chi connectivity index (χ2n) is 6.05. The van der Waals surface area contributed by atoms with Gasteiger partial charge in [0.2, 0.25) is 5.95 Å². The van der Waals surface area contributed by atoms with Gasteiger partial charge in [0, 0.05) is 58.2 Å². The van der Waals surface area contributed by atoms with Gasteiger partial charge >= 0.3 is 0 Å². The lowest BCUT2D eigenvalue weighted by Crippen LogP contribution is -2.47. The molecule has 0 spiro atoms. The number of hydrogen-bond acceptors (Lipinski definition) is 7. The summed E-state index contributed by atoms with van der Waals surface area (Å²) in [4.78, 5) is 24.4. The second-order valence-corrected chi connectivity index (χ2v) is 6.05. The van der Waals surface area contributed by atoms with Gasteiger partial charge in [-0.05, 0) is 13.8 Å². The third-order valence-electron chi connectivity index (χ3n) is 3.90. The Labute approximate surface area is 137 Å². The van der Waals surface area contributed by atoms with Crippen LogP contribution in [0.25, 0.3) is 0 Å². The summed E-state index contributed by atoms with van der Waals surface area (Å²) >= 11 is 0. The molecule has 0 bridgehead atoms. The monoisotopic (exact) mass is 313 g/mol. The molecule has 0 unspecified atom stereocenters. The molecule has 2 aromatic heterocycles. The summed E-state index contributed by atoms with van der Waals surface area (Å²) in [6, 6.07) is 2.05. The SMILES string of the molecule is Cc1cncc(N2CCN(c3cc(C)nc(N(C)C)n3)CC2)n1. The molecule has 0 atom stereocenters. The molecule has 2 aromatic rings. The molecule has 0 saturated carbocycles. The first-order chi connectivity index (χ1) is 11.0. The summed E-state index contributed by atoms with van der Waals surface area (Å²) in [6.45, 7) is 7.64. The Hall–Kier alpha value is -2.44. The Morgan fingerprint density at radius 3 is 2.09 bits per heavy atom. The Morgan fingerprint density at radius 1 is 0.826 bits per heavy atom. The molecule has 0 radical (unpaired) electrons. The highest BCUT2D eigenvalue weighted by atomic mass is 15.3. The number of nitrogens with zero attached hydrogens (tertiary/aromatic N) is 7. The average molecular weight is 313 g/mol. The highest BCUT2D eigenvalue weighted by molar-refractivity contribution is 5.48. The first kappa shape index (κ1) is 15.5. The fourth-order valence-corrected chi connectivity index (χ4v) is 2.67. The molecule has 3 rings (SSSR count). The van der Waals surface area contributed by atoms with Crippen molar-refractivity contribution in [2.45, 2.75) is 13.8 Å². The topological polar surface area (TPSA) is 61.3 Å². The van der Waals surface area contributed by atoms with Gasteiger partial charge in [-0.25, -0.2) is 9.97 Å². The predicted molar refractivity (Wildman–Crippen MR) is 92.3 cm³/mol. The quantitative estimate of drug-likeness (QED) is 0.846. The van der Waals surface area contributed by atoms with Crippen molar-refractivity contribution in [3.8, 4) is 0 Å². The number of piperazine rings is 1. The summed E-state index contributed by atoms with van der Waals surface area (Å²) in [5, 5.41) is 0. The van der Waals surface area contributed by atoms with Crippen molar-refractivity contribution >= 4 is 17.6 Å². The molecule has 0 amide bonds. The van der Waals surface area contributed by atoms with E-state index in [4.69, 9.17) is 0 Å². The molecule has 122 valence electrons. The van der Waals surface area contributed by atoms with E-state index in [2.05, 4.69) is 35.8 Å². The van der Waals surface area contributed by atoms with E-state index >= 15 is 0 Å². The molecule has 1 aliphatic heterocycles. The Bertz CT molecular complexity index is 678. The summed E-state index contributed by atoms with van der Waals surface area (Å²) in [6.07, 6.45) is 3.62. The van der Waals surface area contributed by atoms with E-state index < -0.39 is 0 Å². The van der Waals surface area contributed by atoms with E-state index in [0.717, 1.165) is 55.2 Å². The smallest absolute Gasteiger partial charge is 0.226 e. The van der Waals surface area contributed by atoms with Crippen LogP contribution in [0.15, 0.2) is 18.5 Å². The van der Waals surface area contributed by atoms with Crippen molar-refractivity contribution in [2.75, 3.05) is 55.0 Å². The fourth-order valence-electron chi connectivity index (χ4n) is 2.67. The summed E-state index contributed by atoms with van der Waals surface area (Å²) < 4.78 is 0. The number of aromatic nitrogens is 4. The minimum atomic E-state index is 0.756. The highest BCUT2D eigenvalue weighted by Crippen LogP contribution is 2.20. The largest absolute Gasteiger partial charge is 0.353 e. The van der Waals surface area contributed by atoms with Crippen molar-refractivity contribution in [3.05, 3.63) is 29.8 Å². The van der Waals surface area contributed by atoms with E-state index in [1.807, 2.05) is 39.0 Å². The van der Waals surface area contributed by atoms with Gasteiger partial charge in [-0.3, -0.25) is 4.98 Å². The molecule has 1 saturated heterocycles. The molecule has 3 heterocycles. The zero-order chi connectivity index (χ0) is 16.4. The molecule has 23 heavy (non-hydrogen) atoms. The van der Waals surface area contributed by atoms with E-state index in [9.17, 15) is 0 Å². The normalized spacial score (nSPS) is 15.0. The van der Waals surface area contributed by atoms with Crippen LogP contribution < -0.4 is 14.7 Å². The predicted octanol–water partition coefficient (Wildman–Crippen LogP) is 1.28. The highest BCUT2D eigenvalue weighted by Gasteiger charge is 2.20. The zero-order valence-electron chi connectivity index (χ0n) is 14.2. The van der Waals surface area contributed by atoms with Crippen molar-refractivity contribution in [3.63, 3.8) is 0 Å². The Kier molecular flexibility index (Phi) is 4.27. The van der Waals surface area contributed by atoms with Crippen LogP contribution >= 0.6 is 0 Å². The minimum absolute atomic E-state index is 0.756. The average Bonchev–Trinajstić information content (AvgIpc) is 2.54. The van der Waals surface area contributed by atoms with Crippen LogP contribution in [-0.4, -0.2) is 60.2 Å². The Morgan fingerprint density at radius 2 is 1.48 bits per heavy atom. The van der Waals surface area contributed by atoms with Gasteiger partial charge in [0.15, 0.2) is 0 Å². The number of anilines is 3.